The molecule has 1 aliphatic heterocycles. The molecule has 2 atom stereocenters. The largest absolute Gasteiger partial charge is 0.416 e. The molecule has 7 heteroatoms. The van der Waals surface area contributed by atoms with E-state index in [2.05, 4.69) is 0 Å². The van der Waals surface area contributed by atoms with Gasteiger partial charge in [0.2, 0.25) is 11.8 Å². The van der Waals surface area contributed by atoms with Crippen LogP contribution in [0.3, 0.4) is 0 Å². The Balaban J connectivity index is 1.66. The number of benzene rings is 1. The SMILES string of the molecule is CC(=O)N1CCN(C(=O)C2CC2c2ccccc2C(F)(F)F)CC1. The lowest BCUT2D eigenvalue weighted by Gasteiger charge is -2.34. The number of hydrogen-bond donors (Lipinski definition) is 0. The second kappa shape index (κ2) is 6.11. The number of nitrogens with zero attached hydrogens (tertiary/aromatic N) is 2. The van der Waals surface area contributed by atoms with Crippen LogP contribution in [-0.2, 0) is 15.8 Å². The molecule has 3 rings (SSSR count). The van der Waals surface area contributed by atoms with Crippen molar-refractivity contribution in [1.29, 1.82) is 0 Å². The first-order valence-electron chi connectivity index (χ1n) is 7.99. The average Bonchev–Trinajstić information content (AvgIpc) is 3.34. The van der Waals surface area contributed by atoms with E-state index in [1.54, 1.807) is 15.9 Å². The minimum Gasteiger partial charge on any atom is -0.339 e. The number of carbonyl (C=O) groups excluding carboxylic acids is 2. The van der Waals surface area contributed by atoms with Gasteiger partial charge < -0.3 is 9.80 Å². The molecule has 2 aliphatic rings. The predicted molar refractivity (Wildman–Crippen MR) is 81.1 cm³/mol. The number of alkyl halides is 3. The maximum Gasteiger partial charge on any atom is 0.416 e. The van der Waals surface area contributed by atoms with E-state index in [1.165, 1.54) is 19.1 Å². The van der Waals surface area contributed by atoms with Crippen LogP contribution in [-0.4, -0.2) is 47.8 Å². The Morgan fingerprint density at radius 2 is 1.62 bits per heavy atom. The highest BCUT2D eigenvalue weighted by Gasteiger charge is 2.49. The van der Waals surface area contributed by atoms with Crippen LogP contribution >= 0.6 is 0 Å². The normalized spacial score (nSPS) is 24.0. The quantitative estimate of drug-likeness (QED) is 0.830. The summed E-state index contributed by atoms with van der Waals surface area (Å²) in [6.45, 7) is 3.35. The topological polar surface area (TPSA) is 40.6 Å². The second-order valence-corrected chi connectivity index (χ2v) is 6.37. The summed E-state index contributed by atoms with van der Waals surface area (Å²) >= 11 is 0. The first-order chi connectivity index (χ1) is 11.3. The monoisotopic (exact) mass is 340 g/mol. The molecular formula is C17H19F3N2O2. The van der Waals surface area contributed by atoms with E-state index >= 15 is 0 Å². The summed E-state index contributed by atoms with van der Waals surface area (Å²) in [5.74, 6) is -0.857. The summed E-state index contributed by atoms with van der Waals surface area (Å²) in [5.41, 5.74) is -0.433. The van der Waals surface area contributed by atoms with Gasteiger partial charge in [-0.1, -0.05) is 18.2 Å². The van der Waals surface area contributed by atoms with Crippen molar-refractivity contribution in [2.24, 2.45) is 5.92 Å². The second-order valence-electron chi connectivity index (χ2n) is 6.37. The van der Waals surface area contributed by atoms with E-state index in [0.29, 0.717) is 32.6 Å². The van der Waals surface area contributed by atoms with Gasteiger partial charge in [-0.2, -0.15) is 13.2 Å². The van der Waals surface area contributed by atoms with E-state index in [9.17, 15) is 22.8 Å². The van der Waals surface area contributed by atoms with Crippen molar-refractivity contribution in [3.63, 3.8) is 0 Å². The van der Waals surface area contributed by atoms with Crippen LogP contribution in [0.5, 0.6) is 0 Å². The molecule has 2 amide bonds. The molecule has 24 heavy (non-hydrogen) atoms. The van der Waals surface area contributed by atoms with Crippen molar-refractivity contribution in [3.8, 4) is 0 Å². The zero-order valence-corrected chi connectivity index (χ0v) is 13.3. The molecule has 2 unspecified atom stereocenters. The fourth-order valence-corrected chi connectivity index (χ4v) is 3.37. The summed E-state index contributed by atoms with van der Waals surface area (Å²) in [5, 5.41) is 0. The predicted octanol–water partition coefficient (Wildman–Crippen LogP) is 2.50. The third kappa shape index (κ3) is 3.25. The lowest BCUT2D eigenvalue weighted by molar-refractivity contribution is -0.140. The lowest BCUT2D eigenvalue weighted by atomic mass is 10.0. The minimum absolute atomic E-state index is 0.0227. The van der Waals surface area contributed by atoms with Crippen LogP contribution in [0.25, 0.3) is 0 Å². The summed E-state index contributed by atoms with van der Waals surface area (Å²) in [6.07, 6.45) is -3.95. The Morgan fingerprint density at radius 3 is 2.21 bits per heavy atom. The van der Waals surface area contributed by atoms with Crippen molar-refractivity contribution in [2.75, 3.05) is 26.2 Å². The number of rotatable bonds is 2. The number of carbonyl (C=O) groups is 2. The maximum atomic E-state index is 13.1. The van der Waals surface area contributed by atoms with E-state index in [1.807, 2.05) is 0 Å². The molecule has 2 fully saturated rings. The summed E-state index contributed by atoms with van der Waals surface area (Å²) in [6, 6.07) is 5.48. The van der Waals surface area contributed by atoms with Crippen molar-refractivity contribution in [3.05, 3.63) is 35.4 Å². The molecule has 1 heterocycles. The molecule has 1 aromatic rings. The number of piperazine rings is 1. The maximum absolute atomic E-state index is 13.1. The Labute approximate surface area is 138 Å². The zero-order chi connectivity index (χ0) is 17.5. The highest BCUT2D eigenvalue weighted by atomic mass is 19.4. The Kier molecular flexibility index (Phi) is 4.27. The Bertz CT molecular complexity index is 651. The average molecular weight is 340 g/mol. The molecule has 0 radical (unpaired) electrons. The van der Waals surface area contributed by atoms with Gasteiger partial charge in [0, 0.05) is 39.0 Å². The molecule has 0 bridgehead atoms. The van der Waals surface area contributed by atoms with Gasteiger partial charge in [-0.25, -0.2) is 0 Å². The van der Waals surface area contributed by atoms with E-state index in [0.717, 1.165) is 6.07 Å². The van der Waals surface area contributed by atoms with Crippen LogP contribution in [0.1, 0.15) is 30.4 Å². The third-order valence-electron chi connectivity index (χ3n) is 4.81. The highest BCUT2D eigenvalue weighted by Crippen LogP contribution is 2.51. The lowest BCUT2D eigenvalue weighted by Crippen LogP contribution is -2.50. The summed E-state index contributed by atoms with van der Waals surface area (Å²) in [7, 11) is 0. The number of halogens is 3. The fourth-order valence-electron chi connectivity index (χ4n) is 3.37. The summed E-state index contributed by atoms with van der Waals surface area (Å²) < 4.78 is 39.3. The Hall–Kier alpha value is -2.05. The first kappa shape index (κ1) is 16.8. The van der Waals surface area contributed by atoms with Crippen molar-refractivity contribution in [1.82, 2.24) is 9.80 Å². The molecule has 1 aliphatic carbocycles. The van der Waals surface area contributed by atoms with Crippen molar-refractivity contribution >= 4 is 11.8 Å². The van der Waals surface area contributed by atoms with Crippen LogP contribution in [0.2, 0.25) is 0 Å². The third-order valence-corrected chi connectivity index (χ3v) is 4.81. The van der Waals surface area contributed by atoms with Gasteiger partial charge in [0.25, 0.3) is 0 Å². The van der Waals surface area contributed by atoms with E-state index in [4.69, 9.17) is 0 Å². The van der Waals surface area contributed by atoms with Crippen LogP contribution in [0.4, 0.5) is 13.2 Å². The van der Waals surface area contributed by atoms with Gasteiger partial charge >= 0.3 is 6.18 Å². The van der Waals surface area contributed by atoms with Gasteiger partial charge in [0.1, 0.15) is 0 Å². The molecule has 130 valence electrons. The molecule has 1 saturated carbocycles. The van der Waals surface area contributed by atoms with Crippen LogP contribution in [0.15, 0.2) is 24.3 Å². The van der Waals surface area contributed by atoms with Gasteiger partial charge in [-0.05, 0) is 24.0 Å². The van der Waals surface area contributed by atoms with Gasteiger partial charge in [0.15, 0.2) is 0 Å². The zero-order valence-electron chi connectivity index (χ0n) is 13.3. The molecule has 1 aromatic carbocycles. The van der Waals surface area contributed by atoms with E-state index < -0.39 is 11.7 Å². The highest BCUT2D eigenvalue weighted by molar-refractivity contribution is 5.83. The first-order valence-corrected chi connectivity index (χ1v) is 7.99. The molecule has 4 nitrogen and oxygen atoms in total. The van der Waals surface area contributed by atoms with Crippen LogP contribution < -0.4 is 0 Å². The van der Waals surface area contributed by atoms with Gasteiger partial charge in [-0.15, -0.1) is 0 Å². The smallest absolute Gasteiger partial charge is 0.339 e. The standard InChI is InChI=1S/C17H19F3N2O2/c1-11(23)21-6-8-22(9-7-21)16(24)14-10-13(14)12-4-2-3-5-15(12)17(18,19)20/h2-5,13-14H,6-10H2,1H3. The fraction of sp³-hybridized carbons (Fsp3) is 0.529. The molecule has 0 aromatic heterocycles. The van der Waals surface area contributed by atoms with E-state index in [-0.39, 0.29) is 29.2 Å². The van der Waals surface area contributed by atoms with Crippen molar-refractivity contribution in [2.45, 2.75) is 25.4 Å². The molecular weight excluding hydrogens is 321 g/mol. The van der Waals surface area contributed by atoms with Gasteiger partial charge in [0.05, 0.1) is 5.56 Å². The Morgan fingerprint density at radius 1 is 1.04 bits per heavy atom. The van der Waals surface area contributed by atoms with Crippen molar-refractivity contribution < 1.29 is 22.8 Å². The minimum atomic E-state index is -4.40. The number of hydrogen-bond acceptors (Lipinski definition) is 2. The van der Waals surface area contributed by atoms with Gasteiger partial charge in [-0.3, -0.25) is 9.59 Å². The number of amides is 2. The molecule has 0 spiro atoms. The van der Waals surface area contributed by atoms with Crippen LogP contribution in [0, 0.1) is 5.92 Å². The summed E-state index contributed by atoms with van der Waals surface area (Å²) in [4.78, 5) is 27.2. The molecule has 1 saturated heterocycles. The molecule has 0 N–H and O–H groups in total.